The maximum Gasteiger partial charge on any atom is 0.254 e. The molecule has 1 aliphatic heterocycles. The number of rotatable bonds is 3. The second-order valence-corrected chi connectivity index (χ2v) is 4.56. The minimum Gasteiger partial charge on any atom is -0.497 e. The van der Waals surface area contributed by atoms with Crippen LogP contribution in [0.5, 0.6) is 5.75 Å². The number of hydrogen-bond donors (Lipinski definition) is 1. The fourth-order valence-corrected chi connectivity index (χ4v) is 2.36. The van der Waals surface area contributed by atoms with Gasteiger partial charge in [0.1, 0.15) is 5.75 Å². The van der Waals surface area contributed by atoms with Gasteiger partial charge in [0.2, 0.25) is 0 Å². The van der Waals surface area contributed by atoms with E-state index in [1.807, 2.05) is 0 Å². The van der Waals surface area contributed by atoms with Crippen molar-refractivity contribution in [3.63, 3.8) is 0 Å². The van der Waals surface area contributed by atoms with Crippen LogP contribution < -0.4 is 4.74 Å². The highest BCUT2D eigenvalue weighted by molar-refractivity contribution is 5.94. The van der Waals surface area contributed by atoms with Gasteiger partial charge in [-0.3, -0.25) is 4.79 Å². The van der Waals surface area contributed by atoms with Gasteiger partial charge in [-0.15, -0.1) is 0 Å². The summed E-state index contributed by atoms with van der Waals surface area (Å²) in [6.07, 6.45) is 2.98. The molecular weight excluding hydrogens is 230 g/mol. The zero-order valence-electron chi connectivity index (χ0n) is 10.6. The predicted molar refractivity (Wildman–Crippen MR) is 68.8 cm³/mol. The molecule has 0 saturated carbocycles. The van der Waals surface area contributed by atoms with Crippen molar-refractivity contribution >= 4 is 5.91 Å². The molecule has 1 aromatic carbocycles. The third-order valence-corrected chi connectivity index (χ3v) is 3.44. The van der Waals surface area contributed by atoms with Crippen LogP contribution in [0.15, 0.2) is 24.3 Å². The van der Waals surface area contributed by atoms with Gasteiger partial charge in [-0.1, -0.05) is 0 Å². The number of likely N-dealkylation sites (tertiary alicyclic amines) is 1. The van der Waals surface area contributed by atoms with Crippen LogP contribution in [0.2, 0.25) is 0 Å². The monoisotopic (exact) mass is 249 g/mol. The normalized spacial score (nSPS) is 19.7. The van der Waals surface area contributed by atoms with Crippen LogP contribution >= 0.6 is 0 Å². The van der Waals surface area contributed by atoms with Gasteiger partial charge in [-0.05, 0) is 43.5 Å². The zero-order valence-corrected chi connectivity index (χ0v) is 10.6. The summed E-state index contributed by atoms with van der Waals surface area (Å²) in [6.45, 7) is 0.776. The van der Waals surface area contributed by atoms with Crippen LogP contribution in [0.3, 0.4) is 0 Å². The first kappa shape index (κ1) is 12.9. The summed E-state index contributed by atoms with van der Waals surface area (Å²) in [6, 6.07) is 7.07. The van der Waals surface area contributed by atoms with Crippen molar-refractivity contribution in [2.24, 2.45) is 0 Å². The Morgan fingerprint density at radius 2 is 2.11 bits per heavy atom. The van der Waals surface area contributed by atoms with Crippen molar-refractivity contribution in [3.05, 3.63) is 29.8 Å². The Hall–Kier alpha value is -1.55. The molecule has 1 fully saturated rings. The van der Waals surface area contributed by atoms with Crippen LogP contribution in [-0.4, -0.2) is 42.2 Å². The van der Waals surface area contributed by atoms with Crippen molar-refractivity contribution in [1.82, 2.24) is 4.90 Å². The Morgan fingerprint density at radius 1 is 1.39 bits per heavy atom. The minimum atomic E-state index is -0.0339. The number of aliphatic hydroxyl groups is 1. The van der Waals surface area contributed by atoms with E-state index in [0.29, 0.717) is 5.56 Å². The van der Waals surface area contributed by atoms with Gasteiger partial charge in [0.15, 0.2) is 0 Å². The average Bonchev–Trinajstić information content (AvgIpc) is 2.46. The van der Waals surface area contributed by atoms with Crippen molar-refractivity contribution in [1.29, 1.82) is 0 Å². The Bertz CT molecular complexity index is 402. The summed E-state index contributed by atoms with van der Waals surface area (Å²) in [5.41, 5.74) is 0.649. The Balaban J connectivity index is 2.13. The van der Waals surface area contributed by atoms with Gasteiger partial charge in [0.05, 0.1) is 19.8 Å². The van der Waals surface area contributed by atoms with Gasteiger partial charge in [-0.2, -0.15) is 0 Å². The maximum atomic E-state index is 12.3. The van der Waals surface area contributed by atoms with Gasteiger partial charge in [-0.25, -0.2) is 0 Å². The highest BCUT2D eigenvalue weighted by Gasteiger charge is 2.26. The summed E-state index contributed by atoms with van der Waals surface area (Å²) in [4.78, 5) is 14.1. The molecule has 1 amide bonds. The third kappa shape index (κ3) is 2.64. The highest BCUT2D eigenvalue weighted by atomic mass is 16.5. The van der Waals surface area contributed by atoms with E-state index < -0.39 is 0 Å². The highest BCUT2D eigenvalue weighted by Crippen LogP contribution is 2.20. The molecule has 1 unspecified atom stereocenters. The van der Waals surface area contributed by atoms with Gasteiger partial charge in [0.25, 0.3) is 5.91 Å². The lowest BCUT2D eigenvalue weighted by atomic mass is 10.0. The van der Waals surface area contributed by atoms with Crippen LogP contribution in [0, 0.1) is 0 Å². The van der Waals surface area contributed by atoms with E-state index in [9.17, 15) is 9.90 Å². The molecule has 4 heteroatoms. The molecular formula is C14H19NO3. The second-order valence-electron chi connectivity index (χ2n) is 4.56. The third-order valence-electron chi connectivity index (χ3n) is 3.44. The van der Waals surface area contributed by atoms with Crippen LogP contribution in [-0.2, 0) is 0 Å². The standard InChI is InChI=1S/C14H19NO3/c1-18-13-7-5-11(6-8-13)14(17)15-9-3-2-4-12(15)10-16/h5-8,12,16H,2-4,9-10H2,1H3. The first-order valence-electron chi connectivity index (χ1n) is 6.32. The molecule has 1 aromatic rings. The fraction of sp³-hybridized carbons (Fsp3) is 0.500. The molecule has 0 aromatic heterocycles. The number of hydrogen-bond acceptors (Lipinski definition) is 3. The topological polar surface area (TPSA) is 49.8 Å². The molecule has 98 valence electrons. The lowest BCUT2D eigenvalue weighted by Gasteiger charge is -2.34. The Morgan fingerprint density at radius 3 is 2.72 bits per heavy atom. The number of piperidine rings is 1. The van der Waals surface area contributed by atoms with Crippen LogP contribution in [0.4, 0.5) is 0 Å². The number of benzene rings is 1. The van der Waals surface area contributed by atoms with Gasteiger partial charge >= 0.3 is 0 Å². The molecule has 0 spiro atoms. The molecule has 1 atom stereocenters. The number of carbonyl (C=O) groups excluding carboxylic acids is 1. The number of carbonyl (C=O) groups is 1. The fourth-order valence-electron chi connectivity index (χ4n) is 2.36. The molecule has 0 aliphatic carbocycles. The van der Waals surface area contributed by atoms with E-state index in [4.69, 9.17) is 4.74 Å². The number of amides is 1. The molecule has 0 radical (unpaired) electrons. The largest absolute Gasteiger partial charge is 0.497 e. The number of methoxy groups -OCH3 is 1. The van der Waals surface area contributed by atoms with Gasteiger partial charge < -0.3 is 14.7 Å². The summed E-state index contributed by atoms with van der Waals surface area (Å²) < 4.78 is 5.07. The van der Waals surface area contributed by atoms with Crippen molar-refractivity contribution in [2.45, 2.75) is 25.3 Å². The second kappa shape index (κ2) is 5.87. The van der Waals surface area contributed by atoms with Crippen LogP contribution in [0.25, 0.3) is 0 Å². The quantitative estimate of drug-likeness (QED) is 0.886. The molecule has 2 rings (SSSR count). The number of aliphatic hydroxyl groups excluding tert-OH is 1. The molecule has 4 nitrogen and oxygen atoms in total. The van der Waals surface area contributed by atoms with Crippen molar-refractivity contribution in [3.8, 4) is 5.75 Å². The first-order chi connectivity index (χ1) is 8.76. The van der Waals surface area contributed by atoms with E-state index in [0.717, 1.165) is 31.6 Å². The first-order valence-corrected chi connectivity index (χ1v) is 6.32. The summed E-state index contributed by atoms with van der Waals surface area (Å²) in [5.74, 6) is 0.736. The molecule has 1 aliphatic rings. The number of ether oxygens (including phenoxy) is 1. The van der Waals surface area contributed by atoms with Crippen molar-refractivity contribution < 1.29 is 14.6 Å². The summed E-state index contributed by atoms with van der Waals surface area (Å²) in [5, 5.41) is 9.33. The number of nitrogens with zero attached hydrogens (tertiary/aromatic N) is 1. The molecule has 1 heterocycles. The Kier molecular flexibility index (Phi) is 4.20. The van der Waals surface area contributed by atoms with E-state index in [1.54, 1.807) is 36.3 Å². The summed E-state index contributed by atoms with van der Waals surface area (Å²) in [7, 11) is 1.60. The smallest absolute Gasteiger partial charge is 0.254 e. The molecule has 18 heavy (non-hydrogen) atoms. The van der Waals surface area contributed by atoms with E-state index in [2.05, 4.69) is 0 Å². The van der Waals surface area contributed by atoms with E-state index >= 15 is 0 Å². The maximum absolute atomic E-state index is 12.3. The average molecular weight is 249 g/mol. The zero-order chi connectivity index (χ0) is 13.0. The molecule has 1 N–H and O–H groups in total. The van der Waals surface area contributed by atoms with E-state index in [-0.39, 0.29) is 18.6 Å². The van der Waals surface area contributed by atoms with Crippen LogP contribution in [0.1, 0.15) is 29.6 Å². The van der Waals surface area contributed by atoms with Crippen molar-refractivity contribution in [2.75, 3.05) is 20.3 Å². The predicted octanol–water partition coefficient (Wildman–Crippen LogP) is 1.68. The minimum absolute atomic E-state index is 0.00333. The molecule has 0 bridgehead atoms. The SMILES string of the molecule is COc1ccc(C(=O)N2CCCCC2CO)cc1. The Labute approximate surface area is 107 Å². The molecule has 1 saturated heterocycles. The van der Waals surface area contributed by atoms with Gasteiger partial charge in [0, 0.05) is 12.1 Å². The lowest BCUT2D eigenvalue weighted by molar-refractivity contribution is 0.0503. The summed E-state index contributed by atoms with van der Waals surface area (Å²) >= 11 is 0. The lowest BCUT2D eigenvalue weighted by Crippen LogP contribution is -2.45. The van der Waals surface area contributed by atoms with E-state index in [1.165, 1.54) is 0 Å².